The minimum Gasteiger partial charge on any atom is -0.476 e. The lowest BCUT2D eigenvalue weighted by Crippen LogP contribution is -2.40. The van der Waals surface area contributed by atoms with Gasteiger partial charge in [0.05, 0.1) is 5.76 Å². The van der Waals surface area contributed by atoms with Gasteiger partial charge in [-0.15, -0.1) is 0 Å². The number of allylic oxidation sites excluding steroid dienone is 1. The minimum atomic E-state index is -0.225. The highest BCUT2D eigenvalue weighted by molar-refractivity contribution is 5.89. The Morgan fingerprint density at radius 3 is 2.86 bits per heavy atom. The monoisotopic (exact) mass is 194 g/mol. The van der Waals surface area contributed by atoms with Crippen molar-refractivity contribution in [2.75, 3.05) is 0 Å². The number of ether oxygens (including phenoxy) is 1. The third-order valence-corrected chi connectivity index (χ3v) is 1.73. The van der Waals surface area contributed by atoms with E-state index in [1.165, 1.54) is 6.08 Å². The fourth-order valence-electron chi connectivity index (χ4n) is 1.17. The van der Waals surface area contributed by atoms with Crippen LogP contribution in [-0.4, -0.2) is 17.0 Å². The van der Waals surface area contributed by atoms with E-state index in [-0.39, 0.29) is 12.1 Å². The molecule has 4 nitrogen and oxygen atoms in total. The van der Waals surface area contributed by atoms with Crippen LogP contribution in [0.1, 0.15) is 13.8 Å². The van der Waals surface area contributed by atoms with Crippen molar-refractivity contribution in [3.8, 4) is 0 Å². The Hall–Kier alpha value is -1.71. The predicted molar refractivity (Wildman–Crippen MR) is 53.6 cm³/mol. The Morgan fingerprint density at radius 1 is 1.71 bits per heavy atom. The second-order valence-electron chi connectivity index (χ2n) is 3.08. The van der Waals surface area contributed by atoms with E-state index in [9.17, 15) is 4.79 Å². The highest BCUT2D eigenvalue weighted by atomic mass is 16.5. The average Bonchev–Trinajstić information content (AvgIpc) is 2.01. The molecule has 1 aliphatic heterocycles. The molecular formula is C10H14N2O2. The van der Waals surface area contributed by atoms with Crippen molar-refractivity contribution in [2.24, 2.45) is 0 Å². The number of hydrogen-bond donors (Lipinski definition) is 1. The van der Waals surface area contributed by atoms with Crippen LogP contribution in [0.4, 0.5) is 0 Å². The molecule has 1 rings (SSSR count). The van der Waals surface area contributed by atoms with Crippen molar-refractivity contribution in [2.45, 2.75) is 20.1 Å². The maximum absolute atomic E-state index is 10.9. The van der Waals surface area contributed by atoms with Gasteiger partial charge in [0.15, 0.2) is 6.23 Å². The second-order valence-corrected chi connectivity index (χ2v) is 3.08. The van der Waals surface area contributed by atoms with Crippen LogP contribution in [0.15, 0.2) is 37.0 Å². The van der Waals surface area contributed by atoms with Gasteiger partial charge in [-0.25, -0.2) is 0 Å². The molecule has 0 radical (unpaired) electrons. The summed E-state index contributed by atoms with van der Waals surface area (Å²) in [7, 11) is 0. The van der Waals surface area contributed by atoms with E-state index >= 15 is 0 Å². The molecule has 0 aromatic heterocycles. The van der Waals surface area contributed by atoms with Crippen LogP contribution in [0.2, 0.25) is 0 Å². The SMILES string of the molecule is C=C(C)O[C@H](C)N1C=CC(=O)NC1=C. The number of amides is 1. The molecule has 4 heteroatoms. The smallest absolute Gasteiger partial charge is 0.250 e. The first-order valence-corrected chi connectivity index (χ1v) is 4.29. The van der Waals surface area contributed by atoms with Gasteiger partial charge >= 0.3 is 0 Å². The van der Waals surface area contributed by atoms with Gasteiger partial charge in [0, 0.05) is 12.3 Å². The Bertz CT molecular complexity index is 307. The number of rotatable bonds is 3. The largest absolute Gasteiger partial charge is 0.476 e. The highest BCUT2D eigenvalue weighted by Gasteiger charge is 2.18. The van der Waals surface area contributed by atoms with Crippen molar-refractivity contribution in [1.82, 2.24) is 10.2 Å². The zero-order valence-corrected chi connectivity index (χ0v) is 8.41. The van der Waals surface area contributed by atoms with Crippen LogP contribution in [-0.2, 0) is 9.53 Å². The molecule has 0 aliphatic carbocycles. The molecule has 0 saturated carbocycles. The number of carbonyl (C=O) groups excluding carboxylic acids is 1. The van der Waals surface area contributed by atoms with Gasteiger partial charge in [0.25, 0.3) is 5.91 Å². The molecule has 0 unspecified atom stereocenters. The predicted octanol–water partition coefficient (Wildman–Crippen LogP) is 1.30. The zero-order valence-electron chi connectivity index (χ0n) is 8.41. The minimum absolute atomic E-state index is 0.172. The summed E-state index contributed by atoms with van der Waals surface area (Å²) in [4.78, 5) is 12.6. The fraction of sp³-hybridized carbons (Fsp3) is 0.300. The summed E-state index contributed by atoms with van der Waals surface area (Å²) < 4.78 is 5.36. The van der Waals surface area contributed by atoms with Gasteiger partial charge in [-0.2, -0.15) is 0 Å². The van der Waals surface area contributed by atoms with E-state index in [0.29, 0.717) is 11.6 Å². The standard InChI is InChI=1S/C10H14N2O2/c1-7(2)14-9(4)12-6-5-10(13)11-8(12)3/h5-6,9H,1,3H2,2,4H3,(H,11,13)/t9-/m1/s1. The lowest BCUT2D eigenvalue weighted by atomic mass is 10.4. The molecule has 0 bridgehead atoms. The number of nitrogens with zero attached hydrogens (tertiary/aromatic N) is 1. The van der Waals surface area contributed by atoms with Crippen molar-refractivity contribution >= 4 is 5.91 Å². The molecule has 1 heterocycles. The molecule has 14 heavy (non-hydrogen) atoms. The maximum Gasteiger partial charge on any atom is 0.250 e. The first kappa shape index (κ1) is 10.4. The third-order valence-electron chi connectivity index (χ3n) is 1.73. The van der Waals surface area contributed by atoms with Gasteiger partial charge < -0.3 is 10.1 Å². The van der Waals surface area contributed by atoms with Gasteiger partial charge in [-0.05, 0) is 13.8 Å². The molecule has 1 atom stereocenters. The van der Waals surface area contributed by atoms with Crippen LogP contribution in [0, 0.1) is 0 Å². The Morgan fingerprint density at radius 2 is 2.36 bits per heavy atom. The lowest BCUT2D eigenvalue weighted by molar-refractivity contribution is -0.117. The lowest BCUT2D eigenvalue weighted by Gasteiger charge is -2.31. The molecule has 0 spiro atoms. The first-order chi connectivity index (χ1) is 6.50. The van der Waals surface area contributed by atoms with Crippen molar-refractivity contribution in [3.63, 3.8) is 0 Å². The molecule has 76 valence electrons. The van der Waals surface area contributed by atoms with Gasteiger partial charge in [0.1, 0.15) is 5.82 Å². The molecule has 0 aromatic rings. The summed E-state index contributed by atoms with van der Waals surface area (Å²) >= 11 is 0. The van der Waals surface area contributed by atoms with Gasteiger partial charge in [-0.1, -0.05) is 13.2 Å². The Labute approximate surface area is 83.5 Å². The third kappa shape index (κ3) is 2.39. The second kappa shape index (κ2) is 4.00. The summed E-state index contributed by atoms with van der Waals surface area (Å²) in [6.07, 6.45) is 2.83. The van der Waals surface area contributed by atoms with E-state index in [0.717, 1.165) is 0 Å². The molecule has 1 amide bonds. The van der Waals surface area contributed by atoms with E-state index < -0.39 is 0 Å². The normalized spacial score (nSPS) is 17.7. The van der Waals surface area contributed by atoms with Crippen molar-refractivity contribution in [3.05, 3.63) is 37.0 Å². The summed E-state index contributed by atoms with van der Waals surface area (Å²) in [6, 6.07) is 0. The summed E-state index contributed by atoms with van der Waals surface area (Å²) in [5.74, 6) is 0.954. The highest BCUT2D eigenvalue weighted by Crippen LogP contribution is 2.13. The topological polar surface area (TPSA) is 41.6 Å². The maximum atomic E-state index is 10.9. The fourth-order valence-corrected chi connectivity index (χ4v) is 1.17. The molecular weight excluding hydrogens is 180 g/mol. The number of hydrogen-bond acceptors (Lipinski definition) is 3. The van der Waals surface area contributed by atoms with Crippen LogP contribution in [0.5, 0.6) is 0 Å². The zero-order chi connectivity index (χ0) is 10.7. The van der Waals surface area contributed by atoms with Crippen LogP contribution in [0.3, 0.4) is 0 Å². The summed E-state index contributed by atoms with van der Waals surface area (Å²) in [6.45, 7) is 11.0. The molecule has 1 aliphatic rings. The van der Waals surface area contributed by atoms with Crippen LogP contribution < -0.4 is 5.32 Å². The number of nitrogens with one attached hydrogen (secondary N) is 1. The van der Waals surface area contributed by atoms with Gasteiger partial charge in [0.2, 0.25) is 0 Å². The molecule has 0 saturated heterocycles. The Balaban J connectivity index is 2.68. The quantitative estimate of drug-likeness (QED) is 0.688. The van der Waals surface area contributed by atoms with Crippen LogP contribution in [0.25, 0.3) is 0 Å². The van der Waals surface area contributed by atoms with E-state index in [4.69, 9.17) is 4.74 Å². The molecule has 0 aromatic carbocycles. The van der Waals surface area contributed by atoms with Crippen molar-refractivity contribution < 1.29 is 9.53 Å². The van der Waals surface area contributed by atoms with E-state index in [1.54, 1.807) is 18.0 Å². The number of carbonyl (C=O) groups is 1. The Kier molecular flexibility index (Phi) is 2.96. The van der Waals surface area contributed by atoms with E-state index in [2.05, 4.69) is 18.5 Å². The molecule has 1 N–H and O–H groups in total. The van der Waals surface area contributed by atoms with Gasteiger partial charge in [-0.3, -0.25) is 9.69 Å². The van der Waals surface area contributed by atoms with Crippen molar-refractivity contribution in [1.29, 1.82) is 0 Å². The summed E-state index contributed by atoms with van der Waals surface area (Å²) in [5.41, 5.74) is 0. The first-order valence-electron chi connectivity index (χ1n) is 4.29. The molecule has 0 fully saturated rings. The summed E-state index contributed by atoms with van der Waals surface area (Å²) in [5, 5.41) is 2.58. The van der Waals surface area contributed by atoms with Crippen LogP contribution >= 0.6 is 0 Å². The van der Waals surface area contributed by atoms with E-state index in [1.807, 2.05) is 6.92 Å². The average molecular weight is 194 g/mol.